The fraction of sp³-hybridized carbons (Fsp3) is 0.564. The Bertz CT molecular complexity index is 2230. The zero-order valence-electron chi connectivity index (χ0n) is 30.4. The zero-order valence-corrected chi connectivity index (χ0v) is 33.3. The van der Waals surface area contributed by atoms with Crippen molar-refractivity contribution in [3.63, 3.8) is 0 Å². The molecule has 10 rings (SSSR count). The van der Waals surface area contributed by atoms with Gasteiger partial charge in [-0.25, -0.2) is 13.2 Å². The monoisotopic (exact) mass is 889 g/mol. The van der Waals surface area contributed by atoms with Gasteiger partial charge in [-0.05, 0) is 97.7 Å². The zero-order chi connectivity index (χ0) is 37.9. The molecule has 0 bridgehead atoms. The van der Waals surface area contributed by atoms with Gasteiger partial charge in [0.05, 0.1) is 36.3 Å². The second kappa shape index (κ2) is 13.5. The number of nitrogens with one attached hydrogen (secondary N) is 1. The first-order valence-electron chi connectivity index (χ1n) is 19.3. The first kappa shape index (κ1) is 36.2. The summed E-state index contributed by atoms with van der Waals surface area (Å²) in [5.74, 6) is 0.413. The van der Waals surface area contributed by atoms with Crippen LogP contribution in [0.25, 0.3) is 32.1 Å². The average Bonchev–Trinajstić information content (AvgIpc) is 3.99. The van der Waals surface area contributed by atoms with Gasteiger partial charge in [0.25, 0.3) is 0 Å². The molecule has 0 radical (unpaired) electrons. The molecule has 16 heteroatoms. The van der Waals surface area contributed by atoms with Gasteiger partial charge in [-0.15, -0.1) is 11.3 Å². The number of amides is 1. The van der Waals surface area contributed by atoms with Crippen LogP contribution in [0.4, 0.5) is 24.0 Å². The molecule has 3 unspecified atom stereocenters. The molecule has 2 aromatic carbocycles. The Balaban J connectivity index is 1.08. The van der Waals surface area contributed by atoms with Crippen LogP contribution < -0.4 is 25.4 Å². The number of alkyl halides is 1. The molecule has 1 aliphatic carbocycles. The number of anilines is 2. The number of thiophene rings is 1. The van der Waals surface area contributed by atoms with Crippen molar-refractivity contribution in [3.8, 4) is 22.9 Å². The van der Waals surface area contributed by atoms with Crippen LogP contribution in [0.1, 0.15) is 45.4 Å². The molecule has 1 amide bonds. The highest BCUT2D eigenvalue weighted by molar-refractivity contribution is 14.1. The van der Waals surface area contributed by atoms with Crippen LogP contribution in [0.15, 0.2) is 18.2 Å². The first-order chi connectivity index (χ1) is 26.5. The lowest BCUT2D eigenvalue weighted by molar-refractivity contribution is -0.129. The number of aromatic nitrogens is 2. The van der Waals surface area contributed by atoms with Gasteiger partial charge in [0.1, 0.15) is 48.3 Å². The number of nitrogen functional groups attached to an aromatic ring is 1. The van der Waals surface area contributed by atoms with Crippen molar-refractivity contribution in [1.82, 2.24) is 25.1 Å². The number of fused-ring (bicyclic) bond motifs is 2. The second-order valence-electron chi connectivity index (χ2n) is 16.5. The molecule has 1 saturated carbocycles. The van der Waals surface area contributed by atoms with E-state index in [-0.39, 0.29) is 48.2 Å². The number of ether oxygens (including phenoxy) is 2. The number of nitrogens with zero attached hydrogens (tertiary/aromatic N) is 5. The smallest absolute Gasteiger partial charge is 0.319 e. The van der Waals surface area contributed by atoms with Crippen molar-refractivity contribution in [2.75, 3.05) is 56.6 Å². The molecule has 5 fully saturated rings. The van der Waals surface area contributed by atoms with Crippen LogP contribution in [0.2, 0.25) is 0 Å². The predicted octanol–water partition coefficient (Wildman–Crippen LogP) is 5.48. The van der Waals surface area contributed by atoms with Gasteiger partial charge >= 0.3 is 6.01 Å². The van der Waals surface area contributed by atoms with Gasteiger partial charge in [-0.3, -0.25) is 15.0 Å². The molecule has 6 aliphatic rings. The van der Waals surface area contributed by atoms with Crippen molar-refractivity contribution in [2.24, 2.45) is 11.8 Å². The number of benzene rings is 2. The van der Waals surface area contributed by atoms with Crippen molar-refractivity contribution in [3.05, 3.63) is 33.4 Å². The first-order valence-corrected chi connectivity index (χ1v) is 21.2. The van der Waals surface area contributed by atoms with Crippen molar-refractivity contribution >= 4 is 71.6 Å². The minimum Gasteiger partial charge on any atom is -0.489 e. The fourth-order valence-corrected chi connectivity index (χ4v) is 11.6. The van der Waals surface area contributed by atoms with Crippen LogP contribution >= 0.6 is 33.9 Å². The molecule has 2 aromatic heterocycles. The number of nitrogens with two attached hydrogens (primary N) is 1. The fourth-order valence-electron chi connectivity index (χ4n) is 9.79. The lowest BCUT2D eigenvalue weighted by atomic mass is 9.95. The lowest BCUT2D eigenvalue weighted by Gasteiger charge is -2.35. The van der Waals surface area contributed by atoms with Gasteiger partial charge < -0.3 is 30.1 Å². The molecule has 7 heterocycles. The minimum absolute atomic E-state index is 0.0351. The molecule has 55 heavy (non-hydrogen) atoms. The summed E-state index contributed by atoms with van der Waals surface area (Å²) in [6, 6.07) is 4.04. The van der Waals surface area contributed by atoms with E-state index in [1.807, 2.05) is 9.80 Å². The standard InChI is InChI=1S/C39H43F3IN7O4S/c1-18(51)25-16-53-34-28-32(29(42)27(30(34)43)22-5-6-24(41)35-23(22)11-26(44)55-35)46-38(54-17-39-8-2-9-49(39)15-21(40)12-39)47-36(28)50(25)14-19-7-10-48(13-19)37(52)33-31(45-33)20-3-4-20/h5-6,11,18-21,25,31,33,45,51H,2-4,7-10,12-17,44H2,1H3/t18?,19?,21-,25?,31+,33-,39+/m1/s1. The van der Waals surface area contributed by atoms with E-state index in [2.05, 4.69) is 32.8 Å². The second-order valence-corrected chi connectivity index (χ2v) is 18.6. The number of aliphatic hydroxyl groups excluding tert-OH is 1. The highest BCUT2D eigenvalue weighted by Gasteiger charge is 2.53. The summed E-state index contributed by atoms with van der Waals surface area (Å²) < 4.78 is 60.9. The van der Waals surface area contributed by atoms with Gasteiger partial charge in [0.15, 0.2) is 5.82 Å². The Morgan fingerprint density at radius 1 is 1.24 bits per heavy atom. The summed E-state index contributed by atoms with van der Waals surface area (Å²) in [6.07, 6.45) is 3.33. The molecular weight excluding hydrogens is 846 g/mol. The lowest BCUT2D eigenvalue weighted by Crippen LogP contribution is -2.49. The Morgan fingerprint density at radius 2 is 2.07 bits per heavy atom. The highest BCUT2D eigenvalue weighted by Crippen LogP contribution is 2.49. The number of likely N-dealkylation sites (tertiary alicyclic amines) is 1. The van der Waals surface area contributed by atoms with E-state index in [0.717, 1.165) is 37.1 Å². The van der Waals surface area contributed by atoms with Gasteiger partial charge in [0, 0.05) is 49.6 Å². The van der Waals surface area contributed by atoms with E-state index in [9.17, 15) is 14.3 Å². The number of carbonyl (C=O) groups is 1. The number of halogens is 4. The van der Waals surface area contributed by atoms with E-state index in [0.29, 0.717) is 85.7 Å². The third-order valence-electron chi connectivity index (χ3n) is 12.8. The quantitative estimate of drug-likeness (QED) is 0.146. The Labute approximate surface area is 333 Å². The minimum atomic E-state index is -0.956. The summed E-state index contributed by atoms with van der Waals surface area (Å²) in [5, 5.41) is 15.9. The number of aliphatic hydroxyl groups is 1. The van der Waals surface area contributed by atoms with Gasteiger partial charge in [-0.1, -0.05) is 6.07 Å². The van der Waals surface area contributed by atoms with Gasteiger partial charge in [-0.2, -0.15) is 9.97 Å². The average molecular weight is 890 g/mol. The van der Waals surface area contributed by atoms with Crippen LogP contribution in [0.5, 0.6) is 11.8 Å². The van der Waals surface area contributed by atoms with E-state index < -0.39 is 35.5 Å². The molecule has 5 aliphatic heterocycles. The van der Waals surface area contributed by atoms with E-state index in [1.54, 1.807) is 19.1 Å². The maximum atomic E-state index is 17.5. The highest BCUT2D eigenvalue weighted by atomic mass is 127. The van der Waals surface area contributed by atoms with Crippen LogP contribution in [-0.4, -0.2) is 113 Å². The Hall–Kier alpha value is -3.19. The third kappa shape index (κ3) is 6.11. The predicted molar refractivity (Wildman–Crippen MR) is 212 cm³/mol. The summed E-state index contributed by atoms with van der Waals surface area (Å²) in [7, 11) is 0. The largest absolute Gasteiger partial charge is 0.489 e. The van der Waals surface area contributed by atoms with Crippen molar-refractivity contribution < 1.29 is 32.5 Å². The van der Waals surface area contributed by atoms with Crippen LogP contribution in [0.3, 0.4) is 0 Å². The maximum Gasteiger partial charge on any atom is 0.319 e. The normalized spacial score (nSPS) is 29.5. The summed E-state index contributed by atoms with van der Waals surface area (Å²) in [5.41, 5.74) is 6.22. The Kier molecular flexibility index (Phi) is 8.85. The van der Waals surface area contributed by atoms with Crippen molar-refractivity contribution in [1.29, 1.82) is 0 Å². The molecule has 4 N–H and O–H groups in total. The Morgan fingerprint density at radius 3 is 2.87 bits per heavy atom. The molecule has 11 nitrogen and oxygen atoms in total. The summed E-state index contributed by atoms with van der Waals surface area (Å²) >= 11 is 3.17. The number of hydrogen-bond acceptors (Lipinski definition) is 11. The van der Waals surface area contributed by atoms with Gasteiger partial charge in [0.2, 0.25) is 5.91 Å². The molecular formula is C39H43F3IN7O4S. The number of rotatable bonds is 9. The third-order valence-corrected chi connectivity index (χ3v) is 14.8. The topological polar surface area (TPSA) is 139 Å². The van der Waals surface area contributed by atoms with Crippen LogP contribution in [-0.2, 0) is 4.79 Å². The SMILES string of the molecule is CC(O)C1COc2c(I)c(-c3ccc(F)c4sc(N)cc34)c(F)c3nc(OC[C@@]45CCCN4C[C@H](F)C5)nc(c23)N1CC1CCN(C(=O)[C@@H]2N[C@H]2C2CC2)C1. The summed E-state index contributed by atoms with van der Waals surface area (Å²) in [4.78, 5) is 29.2. The molecule has 4 aromatic rings. The van der Waals surface area contributed by atoms with Crippen LogP contribution in [0, 0.1) is 27.0 Å². The van der Waals surface area contributed by atoms with E-state index >= 15 is 8.78 Å². The summed E-state index contributed by atoms with van der Waals surface area (Å²) in [6.45, 7) is 4.65. The molecule has 7 atom stereocenters. The number of hydrogen-bond donors (Lipinski definition) is 3. The van der Waals surface area contributed by atoms with E-state index in [1.165, 1.54) is 18.9 Å². The molecule has 4 saturated heterocycles. The van der Waals surface area contributed by atoms with E-state index in [4.69, 9.17) is 25.2 Å². The maximum absolute atomic E-state index is 17.5. The van der Waals surface area contributed by atoms with Crippen molar-refractivity contribution in [2.45, 2.75) is 81.4 Å². The molecule has 292 valence electrons. The number of carbonyl (C=O) groups excluding carboxylic acids is 1. The molecule has 0 spiro atoms.